The number of halogens is 1. The van der Waals surface area contributed by atoms with Gasteiger partial charge in [0.25, 0.3) is 0 Å². The third-order valence-corrected chi connectivity index (χ3v) is 2.00. The molecule has 0 saturated heterocycles. The van der Waals surface area contributed by atoms with E-state index in [0.717, 1.165) is 0 Å². The highest BCUT2D eigenvalue weighted by molar-refractivity contribution is 9.10. The maximum Gasteiger partial charge on any atom is 0.356 e. The number of Topliss-reactive ketones (excluding diaryl/α,β-unsaturated/α-hetero) is 1. The predicted molar refractivity (Wildman–Crippen MR) is 53.3 cm³/mol. The molecule has 14 heavy (non-hydrogen) atoms. The zero-order valence-electron chi connectivity index (χ0n) is 7.70. The van der Waals surface area contributed by atoms with Gasteiger partial charge in [0, 0.05) is 5.56 Å². The molecule has 0 N–H and O–H groups in total. The number of hydrogen-bond donors (Lipinski definition) is 0. The normalized spacial score (nSPS) is 9.64. The van der Waals surface area contributed by atoms with Crippen LogP contribution < -0.4 is 0 Å². The summed E-state index contributed by atoms with van der Waals surface area (Å²) in [6.45, 7) is 1.42. The molecule has 0 amide bonds. The number of nitrogens with zero attached hydrogens (tertiary/aromatic N) is 1. The van der Waals surface area contributed by atoms with Gasteiger partial charge >= 0.3 is 5.97 Å². The maximum atomic E-state index is 11.1. The van der Waals surface area contributed by atoms with Gasteiger partial charge < -0.3 is 4.74 Å². The molecule has 1 aromatic rings. The smallest absolute Gasteiger partial charge is 0.356 e. The lowest BCUT2D eigenvalue weighted by atomic mass is 10.2. The van der Waals surface area contributed by atoms with E-state index < -0.39 is 5.97 Å². The number of carbonyl (C=O) groups is 2. The fourth-order valence-corrected chi connectivity index (χ4v) is 1.35. The van der Waals surface area contributed by atoms with Gasteiger partial charge in [-0.1, -0.05) is 0 Å². The molecule has 0 atom stereocenters. The van der Waals surface area contributed by atoms with E-state index in [1.165, 1.54) is 20.1 Å². The van der Waals surface area contributed by atoms with Gasteiger partial charge in [0.05, 0.1) is 7.11 Å². The molecule has 0 saturated carbocycles. The summed E-state index contributed by atoms with van der Waals surface area (Å²) in [6, 6.07) is 2.95. The molecule has 0 radical (unpaired) electrons. The van der Waals surface area contributed by atoms with Crippen molar-refractivity contribution in [3.63, 3.8) is 0 Å². The van der Waals surface area contributed by atoms with Gasteiger partial charge in [-0.25, -0.2) is 9.78 Å². The summed E-state index contributed by atoms with van der Waals surface area (Å²) < 4.78 is 4.93. The zero-order valence-corrected chi connectivity index (χ0v) is 9.29. The first-order valence-corrected chi connectivity index (χ1v) is 4.60. The Balaban J connectivity index is 3.20. The molecule has 0 aliphatic rings. The molecule has 0 spiro atoms. The third kappa shape index (κ3) is 2.38. The summed E-state index contributed by atoms with van der Waals surface area (Å²) in [5.41, 5.74) is 0.541. The van der Waals surface area contributed by atoms with Crippen LogP contribution in [0.25, 0.3) is 0 Å². The number of aromatic nitrogens is 1. The van der Waals surface area contributed by atoms with Crippen LogP contribution in [0.1, 0.15) is 27.8 Å². The molecule has 1 aromatic heterocycles. The number of methoxy groups -OCH3 is 1. The molecule has 0 unspecified atom stereocenters. The monoisotopic (exact) mass is 257 g/mol. The van der Waals surface area contributed by atoms with Crippen molar-refractivity contribution >= 4 is 27.7 Å². The molecule has 0 aliphatic carbocycles. The fraction of sp³-hybridized carbons (Fsp3) is 0.222. The van der Waals surface area contributed by atoms with Gasteiger partial charge in [-0.05, 0) is 35.0 Å². The Kier molecular flexibility index (Phi) is 3.35. The first-order chi connectivity index (χ1) is 6.54. The standard InChI is InChI=1S/C9H8BrNO3/c1-5(12)6-3-7(9(13)14-2)11-8(10)4-6/h3-4H,1-2H3. The van der Waals surface area contributed by atoms with Gasteiger partial charge in [0.2, 0.25) is 0 Å². The number of hydrogen-bond acceptors (Lipinski definition) is 4. The highest BCUT2D eigenvalue weighted by Crippen LogP contribution is 2.12. The highest BCUT2D eigenvalue weighted by atomic mass is 79.9. The van der Waals surface area contributed by atoms with E-state index in [2.05, 4.69) is 25.7 Å². The van der Waals surface area contributed by atoms with E-state index in [1.807, 2.05) is 0 Å². The van der Waals surface area contributed by atoms with Crippen molar-refractivity contribution < 1.29 is 14.3 Å². The summed E-state index contributed by atoms with van der Waals surface area (Å²) in [5.74, 6) is -0.688. The first kappa shape index (κ1) is 10.8. The summed E-state index contributed by atoms with van der Waals surface area (Å²) in [7, 11) is 1.26. The zero-order chi connectivity index (χ0) is 10.7. The molecule has 1 rings (SSSR count). The average Bonchev–Trinajstić information content (AvgIpc) is 2.15. The second-order valence-electron chi connectivity index (χ2n) is 2.61. The third-order valence-electron chi connectivity index (χ3n) is 1.60. The lowest BCUT2D eigenvalue weighted by Gasteiger charge is -2.01. The Morgan fingerprint density at radius 3 is 2.57 bits per heavy atom. The van der Waals surface area contributed by atoms with Crippen LogP contribution >= 0.6 is 15.9 Å². The molecule has 0 fully saturated rings. The number of esters is 1. The Morgan fingerprint density at radius 1 is 1.43 bits per heavy atom. The van der Waals surface area contributed by atoms with E-state index in [9.17, 15) is 9.59 Å². The van der Waals surface area contributed by atoms with Crippen molar-refractivity contribution in [2.24, 2.45) is 0 Å². The lowest BCUT2D eigenvalue weighted by molar-refractivity contribution is 0.0594. The van der Waals surface area contributed by atoms with E-state index in [1.54, 1.807) is 6.07 Å². The number of rotatable bonds is 2. The SMILES string of the molecule is COC(=O)c1cc(C(C)=O)cc(Br)n1. The van der Waals surface area contributed by atoms with E-state index in [-0.39, 0.29) is 11.5 Å². The Morgan fingerprint density at radius 2 is 2.07 bits per heavy atom. The van der Waals surface area contributed by atoms with Crippen LogP contribution in [0.5, 0.6) is 0 Å². The highest BCUT2D eigenvalue weighted by Gasteiger charge is 2.11. The van der Waals surface area contributed by atoms with Crippen molar-refractivity contribution in [1.82, 2.24) is 4.98 Å². The number of carbonyl (C=O) groups excluding carboxylic acids is 2. The van der Waals surface area contributed by atoms with Crippen molar-refractivity contribution in [3.8, 4) is 0 Å². The minimum atomic E-state index is -0.561. The fourth-order valence-electron chi connectivity index (χ4n) is 0.909. The van der Waals surface area contributed by atoms with Crippen LogP contribution in [0.4, 0.5) is 0 Å². The molecule has 0 aliphatic heterocycles. The summed E-state index contributed by atoms with van der Waals surface area (Å²) in [4.78, 5) is 26.1. The molecule has 5 heteroatoms. The lowest BCUT2D eigenvalue weighted by Crippen LogP contribution is -2.06. The molecule has 4 nitrogen and oxygen atoms in total. The van der Waals surface area contributed by atoms with Gasteiger partial charge in [-0.2, -0.15) is 0 Å². The summed E-state index contributed by atoms with van der Waals surface area (Å²) in [6.07, 6.45) is 0. The summed E-state index contributed by atoms with van der Waals surface area (Å²) >= 11 is 3.11. The van der Waals surface area contributed by atoms with Crippen LogP contribution in [-0.2, 0) is 4.74 Å². The minimum absolute atomic E-state index is 0.118. The largest absolute Gasteiger partial charge is 0.464 e. The number of ketones is 1. The average molecular weight is 258 g/mol. The molecule has 0 bridgehead atoms. The van der Waals surface area contributed by atoms with Crippen LogP contribution in [0.3, 0.4) is 0 Å². The van der Waals surface area contributed by atoms with Crippen LogP contribution in [0.2, 0.25) is 0 Å². The molecular weight excluding hydrogens is 250 g/mol. The van der Waals surface area contributed by atoms with Crippen LogP contribution in [-0.4, -0.2) is 23.8 Å². The quantitative estimate of drug-likeness (QED) is 0.461. The minimum Gasteiger partial charge on any atom is -0.464 e. The van der Waals surface area contributed by atoms with Crippen molar-refractivity contribution in [2.45, 2.75) is 6.92 Å². The summed E-state index contributed by atoms with van der Waals surface area (Å²) in [5, 5.41) is 0. The van der Waals surface area contributed by atoms with Gasteiger partial charge in [0.1, 0.15) is 10.3 Å². The molecular formula is C9H8BrNO3. The predicted octanol–water partition coefficient (Wildman–Crippen LogP) is 1.83. The van der Waals surface area contributed by atoms with Gasteiger partial charge in [0.15, 0.2) is 5.78 Å². The van der Waals surface area contributed by atoms with Gasteiger partial charge in [-0.15, -0.1) is 0 Å². The first-order valence-electron chi connectivity index (χ1n) is 3.81. The second kappa shape index (κ2) is 4.32. The number of pyridine rings is 1. The van der Waals surface area contributed by atoms with E-state index in [4.69, 9.17) is 0 Å². The topological polar surface area (TPSA) is 56.3 Å². The molecule has 1 heterocycles. The molecule has 0 aromatic carbocycles. The Bertz CT molecular complexity index is 390. The van der Waals surface area contributed by atoms with E-state index >= 15 is 0 Å². The second-order valence-corrected chi connectivity index (χ2v) is 3.42. The van der Waals surface area contributed by atoms with Crippen molar-refractivity contribution in [1.29, 1.82) is 0 Å². The number of ether oxygens (including phenoxy) is 1. The van der Waals surface area contributed by atoms with Crippen molar-refractivity contribution in [2.75, 3.05) is 7.11 Å². The Labute approximate surface area is 89.4 Å². The van der Waals surface area contributed by atoms with Crippen LogP contribution in [0, 0.1) is 0 Å². The van der Waals surface area contributed by atoms with E-state index in [0.29, 0.717) is 10.2 Å². The molecule has 74 valence electrons. The van der Waals surface area contributed by atoms with Gasteiger partial charge in [-0.3, -0.25) is 4.79 Å². The van der Waals surface area contributed by atoms with Crippen molar-refractivity contribution in [3.05, 3.63) is 28.0 Å². The van der Waals surface area contributed by atoms with Crippen LogP contribution in [0.15, 0.2) is 16.7 Å². The maximum absolute atomic E-state index is 11.1. The Hall–Kier alpha value is -1.23.